The van der Waals surface area contributed by atoms with E-state index in [4.69, 9.17) is 12.2 Å². The molecule has 0 amide bonds. The molecule has 0 radical (unpaired) electrons. The molecule has 2 unspecified atom stereocenters. The van der Waals surface area contributed by atoms with E-state index in [9.17, 15) is 0 Å². The van der Waals surface area contributed by atoms with Crippen LogP contribution in [0.5, 0.6) is 0 Å². The lowest BCUT2D eigenvalue weighted by Crippen LogP contribution is -2.33. The lowest BCUT2D eigenvalue weighted by Gasteiger charge is -2.30. The molecule has 2 aromatic heterocycles. The van der Waals surface area contributed by atoms with Crippen LogP contribution in [-0.2, 0) is 0 Å². The second-order valence-electron chi connectivity index (χ2n) is 7.46. The predicted octanol–water partition coefficient (Wildman–Crippen LogP) is 5.26. The van der Waals surface area contributed by atoms with Crippen LogP contribution in [-0.4, -0.2) is 26.1 Å². The van der Waals surface area contributed by atoms with Crippen molar-refractivity contribution in [1.82, 2.24) is 19.8 Å². The van der Waals surface area contributed by atoms with Gasteiger partial charge >= 0.3 is 0 Å². The summed E-state index contributed by atoms with van der Waals surface area (Å²) in [6, 6.07) is 18.8. The van der Waals surface area contributed by atoms with Crippen LogP contribution in [0, 0.1) is 5.92 Å². The van der Waals surface area contributed by atoms with Crippen molar-refractivity contribution < 1.29 is 0 Å². The van der Waals surface area contributed by atoms with Gasteiger partial charge in [-0.15, -0.1) is 0 Å². The zero-order chi connectivity index (χ0) is 19.7. The fourth-order valence-corrected chi connectivity index (χ4v) is 4.52. The Morgan fingerprint density at radius 1 is 1.14 bits per heavy atom. The van der Waals surface area contributed by atoms with E-state index in [-0.39, 0.29) is 12.1 Å². The first-order valence-corrected chi connectivity index (χ1v) is 10.7. The van der Waals surface area contributed by atoms with Gasteiger partial charge < -0.3 is 14.8 Å². The number of rotatable bonds is 5. The van der Waals surface area contributed by atoms with E-state index in [1.54, 1.807) is 0 Å². The van der Waals surface area contributed by atoms with Crippen molar-refractivity contribution in [1.29, 1.82) is 0 Å². The van der Waals surface area contributed by atoms with Crippen molar-refractivity contribution in [2.24, 2.45) is 5.92 Å². The van der Waals surface area contributed by atoms with Crippen LogP contribution in [0.1, 0.15) is 37.3 Å². The molecule has 1 aliphatic rings. The molecule has 2 atom stereocenters. The summed E-state index contributed by atoms with van der Waals surface area (Å²) >= 11 is 9.33. The minimum Gasteiger partial charge on any atom is -0.352 e. The smallest absolute Gasteiger partial charge is 0.170 e. The van der Waals surface area contributed by atoms with Crippen LogP contribution in [0.3, 0.4) is 0 Å². The van der Waals surface area contributed by atoms with E-state index in [0.29, 0.717) is 5.92 Å². The molecule has 0 saturated carbocycles. The Hall–Kier alpha value is -2.18. The largest absolute Gasteiger partial charge is 0.352 e. The summed E-state index contributed by atoms with van der Waals surface area (Å²) < 4.78 is 3.30. The molecule has 1 aromatic carbocycles. The quantitative estimate of drug-likeness (QED) is 0.532. The maximum Gasteiger partial charge on any atom is 0.170 e. The van der Waals surface area contributed by atoms with Gasteiger partial charge in [-0.25, -0.2) is 0 Å². The fraction of sp³-hybridized carbons (Fsp3) is 0.273. The lowest BCUT2D eigenvalue weighted by atomic mass is 10.0. The van der Waals surface area contributed by atoms with Gasteiger partial charge in [-0.3, -0.25) is 4.98 Å². The molecule has 1 fully saturated rings. The number of thiocarbonyl (C=S) groups is 1. The monoisotopic (exact) mass is 454 g/mol. The van der Waals surface area contributed by atoms with Crippen molar-refractivity contribution >= 4 is 33.3 Å². The van der Waals surface area contributed by atoms with Crippen LogP contribution in [0.15, 0.2) is 71.5 Å². The van der Waals surface area contributed by atoms with Crippen molar-refractivity contribution in [2.75, 3.05) is 6.54 Å². The van der Waals surface area contributed by atoms with Crippen LogP contribution in [0.4, 0.5) is 0 Å². The molecule has 1 saturated heterocycles. The highest BCUT2D eigenvalue weighted by molar-refractivity contribution is 9.10. The molecule has 1 aliphatic heterocycles. The summed E-state index contributed by atoms with van der Waals surface area (Å²) in [4.78, 5) is 6.93. The number of pyridine rings is 1. The molecular weight excluding hydrogens is 432 g/mol. The van der Waals surface area contributed by atoms with E-state index in [1.165, 1.54) is 5.69 Å². The third kappa shape index (κ3) is 3.71. The summed E-state index contributed by atoms with van der Waals surface area (Å²) in [6.45, 7) is 5.34. The maximum atomic E-state index is 5.74. The Labute approximate surface area is 179 Å². The highest BCUT2D eigenvalue weighted by Gasteiger charge is 2.41. The minimum atomic E-state index is 0.00764. The van der Waals surface area contributed by atoms with Gasteiger partial charge in [0.25, 0.3) is 0 Å². The second kappa shape index (κ2) is 8.05. The van der Waals surface area contributed by atoms with Crippen LogP contribution < -0.4 is 5.32 Å². The average molecular weight is 455 g/mol. The standard InChI is InChI=1S/C22H23BrN4S/c1-15(2)14-27-21(20(25-22(27)28)18-9-3-4-11-24-18)19-10-6-12-26(19)17-8-5-7-16(23)13-17/h3-13,15,20-21H,14H2,1-2H3,(H,25,28). The topological polar surface area (TPSA) is 33.1 Å². The van der Waals surface area contributed by atoms with Gasteiger partial charge in [0.05, 0.1) is 17.8 Å². The first-order chi connectivity index (χ1) is 13.5. The highest BCUT2D eigenvalue weighted by Crippen LogP contribution is 2.40. The fourth-order valence-electron chi connectivity index (χ4n) is 3.81. The van der Waals surface area contributed by atoms with Crippen molar-refractivity contribution in [3.63, 3.8) is 0 Å². The summed E-state index contributed by atoms with van der Waals surface area (Å²) in [7, 11) is 0. The van der Waals surface area contributed by atoms with E-state index in [1.807, 2.05) is 24.4 Å². The summed E-state index contributed by atoms with van der Waals surface area (Å²) in [5.41, 5.74) is 3.32. The number of hydrogen-bond donors (Lipinski definition) is 1. The lowest BCUT2D eigenvalue weighted by molar-refractivity contribution is 0.280. The second-order valence-corrected chi connectivity index (χ2v) is 8.76. The summed E-state index contributed by atoms with van der Waals surface area (Å²) in [5.74, 6) is 0.499. The van der Waals surface area contributed by atoms with Crippen molar-refractivity contribution in [3.05, 3.63) is 82.9 Å². The minimum absolute atomic E-state index is 0.00764. The molecular formula is C22H23BrN4S. The molecule has 6 heteroatoms. The number of nitrogens with one attached hydrogen (secondary N) is 1. The average Bonchev–Trinajstić information content (AvgIpc) is 3.27. The molecule has 0 spiro atoms. The molecule has 28 heavy (non-hydrogen) atoms. The van der Waals surface area contributed by atoms with Gasteiger partial charge in [0.2, 0.25) is 0 Å². The predicted molar refractivity (Wildman–Crippen MR) is 120 cm³/mol. The molecule has 0 bridgehead atoms. The molecule has 4 nitrogen and oxygen atoms in total. The van der Waals surface area contributed by atoms with Gasteiger partial charge in [-0.1, -0.05) is 41.9 Å². The van der Waals surface area contributed by atoms with Crippen LogP contribution >= 0.6 is 28.1 Å². The third-order valence-corrected chi connectivity index (χ3v) is 5.77. The number of benzene rings is 1. The Morgan fingerprint density at radius 2 is 2.00 bits per heavy atom. The maximum absolute atomic E-state index is 5.74. The summed E-state index contributed by atoms with van der Waals surface area (Å²) in [6.07, 6.45) is 3.96. The van der Waals surface area contributed by atoms with Crippen molar-refractivity contribution in [3.8, 4) is 5.69 Å². The number of hydrogen-bond acceptors (Lipinski definition) is 2. The number of halogens is 1. The zero-order valence-corrected chi connectivity index (χ0v) is 18.3. The van der Waals surface area contributed by atoms with E-state index < -0.39 is 0 Å². The number of aromatic nitrogens is 2. The SMILES string of the molecule is CC(C)CN1C(=S)NC(c2ccccn2)C1c1cccn1-c1cccc(Br)c1. The first-order valence-electron chi connectivity index (χ1n) is 9.46. The molecule has 3 heterocycles. The molecule has 3 aromatic rings. The zero-order valence-electron chi connectivity index (χ0n) is 15.9. The first kappa shape index (κ1) is 19.2. The van der Waals surface area contributed by atoms with E-state index >= 15 is 0 Å². The van der Waals surface area contributed by atoms with Gasteiger partial charge in [0.15, 0.2) is 5.11 Å². The normalized spacial score (nSPS) is 19.3. The Morgan fingerprint density at radius 3 is 2.71 bits per heavy atom. The van der Waals surface area contributed by atoms with E-state index in [0.717, 1.165) is 27.5 Å². The molecule has 1 N–H and O–H groups in total. The van der Waals surface area contributed by atoms with Crippen LogP contribution in [0.2, 0.25) is 0 Å². The van der Waals surface area contributed by atoms with Gasteiger partial charge in [-0.05, 0) is 60.6 Å². The summed E-state index contributed by atoms with van der Waals surface area (Å²) in [5, 5.41) is 4.31. The third-order valence-electron chi connectivity index (χ3n) is 4.93. The van der Waals surface area contributed by atoms with Gasteiger partial charge in [0, 0.05) is 34.8 Å². The van der Waals surface area contributed by atoms with Crippen LogP contribution in [0.25, 0.3) is 5.69 Å². The molecule has 144 valence electrons. The van der Waals surface area contributed by atoms with Crippen molar-refractivity contribution in [2.45, 2.75) is 25.9 Å². The Bertz CT molecular complexity index is 969. The molecule has 4 rings (SSSR count). The van der Waals surface area contributed by atoms with Gasteiger partial charge in [-0.2, -0.15) is 0 Å². The Balaban J connectivity index is 1.81. The van der Waals surface area contributed by atoms with E-state index in [2.05, 4.69) is 92.1 Å². The highest BCUT2D eigenvalue weighted by atomic mass is 79.9. The number of nitrogens with zero attached hydrogens (tertiary/aromatic N) is 3. The van der Waals surface area contributed by atoms with Gasteiger partial charge in [0.1, 0.15) is 0 Å². The Kier molecular flexibility index (Phi) is 5.51. The molecule has 0 aliphatic carbocycles.